The van der Waals surface area contributed by atoms with Crippen LogP contribution in [-0.4, -0.2) is 73.4 Å². The van der Waals surface area contributed by atoms with Gasteiger partial charge in [-0.1, -0.05) is 36.4 Å². The number of halogens is 4. The first-order chi connectivity index (χ1) is 21.2. The highest BCUT2D eigenvalue weighted by Gasteiger charge is 2.71. The molecule has 1 aliphatic rings. The minimum atomic E-state index is -4.31. The third-order valence-corrected chi connectivity index (χ3v) is 9.45. The van der Waals surface area contributed by atoms with E-state index in [4.69, 9.17) is 36.1 Å². The number of nitrogen functional groups attached to an aromatic ring is 1. The fraction of sp³-hybridized carbons (Fsp3) is 0.407. The number of fused-ring (bicyclic) bond motifs is 2. The second-order valence-corrected chi connectivity index (χ2v) is 13.7. The summed E-state index contributed by atoms with van der Waals surface area (Å²) in [5.74, 6) is -5.05. The second-order valence-electron chi connectivity index (χ2n) is 10.6. The first kappa shape index (κ1) is 32.9. The maximum Gasteiger partial charge on any atom is 0.323 e. The number of aliphatic hydroxyl groups is 1. The molecule has 5 unspecified atom stereocenters. The minimum absolute atomic E-state index is 0.0809. The average Bonchev–Trinajstić information content (AvgIpc) is 3.49. The van der Waals surface area contributed by atoms with E-state index in [0.717, 1.165) is 18.0 Å². The van der Waals surface area contributed by atoms with E-state index in [1.165, 1.54) is 13.0 Å². The maximum absolute atomic E-state index is 15.6. The summed E-state index contributed by atoms with van der Waals surface area (Å²) < 4.78 is 83.8. The van der Waals surface area contributed by atoms with Gasteiger partial charge in [-0.3, -0.25) is 9.36 Å². The van der Waals surface area contributed by atoms with Crippen LogP contribution in [0.4, 0.5) is 23.4 Å². The molecule has 2 aromatic carbocycles. The van der Waals surface area contributed by atoms with E-state index in [1.807, 2.05) is 0 Å². The van der Waals surface area contributed by atoms with Crippen LogP contribution in [0.1, 0.15) is 27.0 Å². The predicted octanol–water partition coefficient (Wildman–Crippen LogP) is 4.34. The number of anilines is 1. The number of nitrogens with zero attached hydrogens (tertiary/aromatic N) is 4. The zero-order chi connectivity index (χ0) is 32.7. The van der Waals surface area contributed by atoms with Gasteiger partial charge in [0.1, 0.15) is 23.6 Å². The van der Waals surface area contributed by atoms with Gasteiger partial charge in [0, 0.05) is 5.39 Å². The molecule has 12 nitrogen and oxygen atoms in total. The van der Waals surface area contributed by atoms with Gasteiger partial charge in [-0.2, -0.15) is 8.78 Å². The van der Waals surface area contributed by atoms with E-state index in [-0.39, 0.29) is 22.7 Å². The molecule has 2 aromatic heterocycles. The van der Waals surface area contributed by atoms with Crippen LogP contribution in [0, 0.1) is 0 Å². The number of ether oxygens (including phenoxy) is 2. The lowest BCUT2D eigenvalue weighted by Crippen LogP contribution is -2.54. The molecule has 4 N–H and O–H groups in total. The zero-order valence-corrected chi connectivity index (χ0v) is 25.7. The number of aliphatic hydroxyl groups excluding tert-OH is 1. The van der Waals surface area contributed by atoms with Gasteiger partial charge in [0.15, 0.2) is 23.2 Å². The van der Waals surface area contributed by atoms with Gasteiger partial charge in [0.2, 0.25) is 6.23 Å². The van der Waals surface area contributed by atoms with E-state index < -0.39 is 61.6 Å². The van der Waals surface area contributed by atoms with Crippen molar-refractivity contribution in [2.75, 3.05) is 12.3 Å². The van der Waals surface area contributed by atoms with Crippen molar-refractivity contribution in [3.8, 4) is 5.75 Å². The SMILES string of the molecule is CC(C)OC(=O)C(C)NP(=S)(OCC1(C(F)F)OC(n2cnc3c(N)ncnc32)C(F)(F)C1O)Oc1cccc2ccccc12. The second kappa shape index (κ2) is 12.4. The van der Waals surface area contributed by atoms with Crippen molar-refractivity contribution in [3.05, 3.63) is 55.1 Å². The quantitative estimate of drug-likeness (QED) is 0.118. The molecule has 0 radical (unpaired) electrons. The Morgan fingerprint density at radius 3 is 2.60 bits per heavy atom. The Bertz CT molecular complexity index is 1760. The molecule has 0 saturated carbocycles. The summed E-state index contributed by atoms with van der Waals surface area (Å²) in [6, 6.07) is 10.8. The molecule has 242 valence electrons. The van der Waals surface area contributed by atoms with E-state index >= 15 is 8.78 Å². The van der Waals surface area contributed by atoms with Crippen molar-refractivity contribution < 1.29 is 46.0 Å². The number of hydrogen-bond donors (Lipinski definition) is 3. The summed E-state index contributed by atoms with van der Waals surface area (Å²) in [5, 5.41) is 14.7. The molecule has 0 aliphatic carbocycles. The number of aromatic nitrogens is 4. The van der Waals surface area contributed by atoms with Gasteiger partial charge in [-0.15, -0.1) is 0 Å². The van der Waals surface area contributed by atoms with Crippen LogP contribution < -0.4 is 15.3 Å². The molecular weight excluding hydrogens is 643 g/mol. The number of alkyl halides is 4. The number of hydrogen-bond acceptors (Lipinski definition) is 11. The van der Waals surface area contributed by atoms with Gasteiger partial charge < -0.3 is 29.4 Å². The van der Waals surface area contributed by atoms with Crippen LogP contribution in [0.25, 0.3) is 21.9 Å². The van der Waals surface area contributed by atoms with E-state index in [1.54, 1.807) is 50.2 Å². The highest BCUT2D eigenvalue weighted by Crippen LogP contribution is 2.54. The van der Waals surface area contributed by atoms with Crippen molar-refractivity contribution >= 4 is 52.2 Å². The summed E-state index contributed by atoms with van der Waals surface area (Å²) in [4.78, 5) is 24.1. The molecule has 4 aromatic rings. The van der Waals surface area contributed by atoms with E-state index in [2.05, 4.69) is 20.0 Å². The minimum Gasteiger partial charge on any atom is -0.462 e. The van der Waals surface area contributed by atoms with Crippen LogP contribution in [0.5, 0.6) is 5.75 Å². The maximum atomic E-state index is 15.6. The lowest BCUT2D eigenvalue weighted by molar-refractivity contribution is -0.191. The smallest absolute Gasteiger partial charge is 0.323 e. The molecule has 5 rings (SSSR count). The largest absolute Gasteiger partial charge is 0.462 e. The van der Waals surface area contributed by atoms with E-state index in [0.29, 0.717) is 9.95 Å². The van der Waals surface area contributed by atoms with Gasteiger partial charge in [-0.05, 0) is 44.0 Å². The predicted molar refractivity (Wildman–Crippen MR) is 158 cm³/mol. The first-order valence-corrected chi connectivity index (χ1v) is 16.2. The van der Waals surface area contributed by atoms with Crippen molar-refractivity contribution in [2.45, 2.75) is 63.2 Å². The van der Waals surface area contributed by atoms with Gasteiger partial charge in [0.25, 0.3) is 6.43 Å². The third-order valence-electron chi connectivity index (χ3n) is 6.98. The number of nitrogens with one attached hydrogen (secondary N) is 1. The van der Waals surface area contributed by atoms with Crippen molar-refractivity contribution in [2.24, 2.45) is 0 Å². The molecule has 3 heterocycles. The third kappa shape index (κ3) is 6.20. The van der Waals surface area contributed by atoms with Crippen molar-refractivity contribution in [3.63, 3.8) is 0 Å². The summed E-state index contributed by atoms with van der Waals surface area (Å²) in [5.41, 5.74) is 2.10. The lowest BCUT2D eigenvalue weighted by Gasteiger charge is -2.34. The number of esters is 1. The fourth-order valence-corrected chi connectivity index (χ4v) is 7.17. The van der Waals surface area contributed by atoms with Crippen molar-refractivity contribution in [1.82, 2.24) is 24.6 Å². The molecule has 0 amide bonds. The van der Waals surface area contributed by atoms with Crippen molar-refractivity contribution in [1.29, 1.82) is 0 Å². The number of imidazole rings is 1. The number of benzene rings is 2. The molecule has 0 bridgehead atoms. The molecule has 45 heavy (non-hydrogen) atoms. The number of carbonyl (C=O) groups excluding carboxylic acids is 1. The van der Waals surface area contributed by atoms with Crippen LogP contribution in [0.3, 0.4) is 0 Å². The Balaban J connectivity index is 1.50. The Kier molecular flexibility index (Phi) is 9.05. The monoisotopic (exact) mass is 672 g/mol. The summed E-state index contributed by atoms with van der Waals surface area (Å²) >= 11 is 5.64. The molecule has 1 fully saturated rings. The normalized spacial score (nSPS) is 23.4. The zero-order valence-electron chi connectivity index (χ0n) is 24.0. The van der Waals surface area contributed by atoms with Gasteiger partial charge >= 0.3 is 18.5 Å². The molecular formula is C27H29F4N6O6PS. The average molecular weight is 673 g/mol. The Morgan fingerprint density at radius 1 is 1.18 bits per heavy atom. The van der Waals surface area contributed by atoms with Crippen LogP contribution in [-0.2, 0) is 30.6 Å². The summed E-state index contributed by atoms with van der Waals surface area (Å²) in [6.07, 6.45) is -7.99. The summed E-state index contributed by atoms with van der Waals surface area (Å²) in [7, 11) is 0. The van der Waals surface area contributed by atoms with Crippen LogP contribution in [0.15, 0.2) is 55.1 Å². The van der Waals surface area contributed by atoms with Gasteiger partial charge in [-0.25, -0.2) is 28.8 Å². The first-order valence-electron chi connectivity index (χ1n) is 13.5. The lowest BCUT2D eigenvalue weighted by atomic mass is 9.96. The van der Waals surface area contributed by atoms with Crippen LogP contribution >= 0.6 is 6.64 Å². The highest BCUT2D eigenvalue weighted by atomic mass is 32.5. The number of nitrogens with two attached hydrogens (primary N) is 1. The number of rotatable bonds is 11. The molecule has 0 spiro atoms. The Morgan fingerprint density at radius 2 is 1.89 bits per heavy atom. The van der Waals surface area contributed by atoms with Crippen LogP contribution in [0.2, 0.25) is 0 Å². The highest BCUT2D eigenvalue weighted by molar-refractivity contribution is 8.09. The molecule has 1 aliphatic heterocycles. The fourth-order valence-electron chi connectivity index (χ4n) is 4.75. The Labute approximate surface area is 259 Å². The standard InChI is InChI=1S/C27H29F4N6O6PS/c1-14(2)41-22(38)15(3)36-44(45,43-18-10-6-8-16-7-4-5-9-17(16)18)40-11-26(24(28)29)23(39)27(30,31)25(42-26)37-13-35-19-20(32)33-12-34-21(19)37/h4-10,12-15,23-25,39H,11H2,1-3H3,(H,36,45)(H2,32,33,34). The van der Waals surface area contributed by atoms with E-state index in [9.17, 15) is 18.7 Å². The topological polar surface area (TPSA) is 156 Å². The molecule has 5 atom stereocenters. The summed E-state index contributed by atoms with van der Waals surface area (Å²) in [6.45, 7) is -0.820. The van der Waals surface area contributed by atoms with Gasteiger partial charge in [0.05, 0.1) is 19.0 Å². The Hall–Kier alpha value is -3.47. The number of carbonyl (C=O) groups is 1. The molecule has 1 saturated heterocycles. The molecule has 18 heteroatoms.